The molecule has 1 N–H and O–H groups in total. The number of rotatable bonds is 6. The maximum absolute atomic E-state index is 3.60. The molecule has 18 heavy (non-hydrogen) atoms. The van der Waals surface area contributed by atoms with Gasteiger partial charge in [-0.05, 0) is 47.3 Å². The van der Waals surface area contributed by atoms with Gasteiger partial charge in [0.05, 0.1) is 0 Å². The molecule has 0 bridgehead atoms. The van der Waals surface area contributed by atoms with E-state index < -0.39 is 0 Å². The molecule has 0 aliphatic carbocycles. The topological polar surface area (TPSA) is 15.3 Å². The smallest absolute Gasteiger partial charge is 0.0329 e. The van der Waals surface area contributed by atoms with Crippen molar-refractivity contribution in [2.45, 2.75) is 39.3 Å². The molecule has 2 heterocycles. The molecule has 0 aromatic carbocycles. The van der Waals surface area contributed by atoms with Crippen molar-refractivity contribution >= 4 is 27.3 Å². The lowest BCUT2D eigenvalue weighted by Gasteiger charge is -2.26. The van der Waals surface area contributed by atoms with Crippen molar-refractivity contribution in [2.75, 3.05) is 19.6 Å². The quantitative estimate of drug-likeness (QED) is 0.855. The van der Waals surface area contributed by atoms with E-state index in [4.69, 9.17) is 0 Å². The minimum Gasteiger partial charge on any atom is -0.313 e. The van der Waals surface area contributed by atoms with Gasteiger partial charge in [0.2, 0.25) is 0 Å². The first-order chi connectivity index (χ1) is 8.63. The Bertz CT molecular complexity index is 358. The van der Waals surface area contributed by atoms with Crippen LogP contribution in [0.4, 0.5) is 0 Å². The fourth-order valence-electron chi connectivity index (χ4n) is 2.60. The molecule has 2 nitrogen and oxygen atoms in total. The van der Waals surface area contributed by atoms with E-state index >= 15 is 0 Å². The highest BCUT2D eigenvalue weighted by Gasteiger charge is 2.19. The summed E-state index contributed by atoms with van der Waals surface area (Å²) in [6.45, 7) is 9.28. The third-order valence-corrected chi connectivity index (χ3v) is 4.95. The summed E-state index contributed by atoms with van der Waals surface area (Å²) < 4.78 is 1.21. The number of nitrogens with zero attached hydrogens (tertiary/aromatic N) is 1. The Kier molecular flexibility index (Phi) is 5.67. The van der Waals surface area contributed by atoms with Crippen LogP contribution < -0.4 is 5.32 Å². The van der Waals surface area contributed by atoms with E-state index in [9.17, 15) is 0 Å². The van der Waals surface area contributed by atoms with E-state index in [0.29, 0.717) is 6.04 Å². The molecular weight excluding hydrogens is 308 g/mol. The number of halogens is 1. The molecule has 1 fully saturated rings. The van der Waals surface area contributed by atoms with Gasteiger partial charge in [-0.2, -0.15) is 0 Å². The van der Waals surface area contributed by atoms with Crippen LogP contribution in [0.25, 0.3) is 0 Å². The van der Waals surface area contributed by atoms with Crippen molar-refractivity contribution in [2.24, 2.45) is 5.92 Å². The Morgan fingerprint density at radius 2 is 2.39 bits per heavy atom. The number of hydrogen-bond donors (Lipinski definition) is 1. The summed E-state index contributed by atoms with van der Waals surface area (Å²) in [5.74, 6) is 0.731. The first-order valence-corrected chi connectivity index (χ1v) is 8.49. The fourth-order valence-corrected chi connectivity index (χ4v) is 4.09. The second kappa shape index (κ2) is 7.04. The first kappa shape index (κ1) is 14.5. The van der Waals surface area contributed by atoms with Crippen molar-refractivity contribution in [1.82, 2.24) is 10.2 Å². The zero-order valence-electron chi connectivity index (χ0n) is 11.3. The molecule has 1 aromatic rings. The molecule has 0 spiro atoms. The minimum absolute atomic E-state index is 0.701. The van der Waals surface area contributed by atoms with Gasteiger partial charge >= 0.3 is 0 Å². The van der Waals surface area contributed by atoms with Gasteiger partial charge < -0.3 is 5.32 Å². The van der Waals surface area contributed by atoms with E-state index in [0.717, 1.165) is 12.5 Å². The standard InChI is InChI=1S/C14H23BrN2S/c1-11(2)7-17(8-13-4-3-5-16-13)9-14-6-12(15)10-18-14/h6,10-11,13,16H,3-5,7-9H2,1-2H3. The summed E-state index contributed by atoms with van der Waals surface area (Å²) in [7, 11) is 0. The van der Waals surface area contributed by atoms with Crippen LogP contribution in [0.2, 0.25) is 0 Å². The highest BCUT2D eigenvalue weighted by atomic mass is 79.9. The summed E-state index contributed by atoms with van der Waals surface area (Å²) >= 11 is 5.39. The molecule has 102 valence electrons. The van der Waals surface area contributed by atoms with Gasteiger partial charge in [0.25, 0.3) is 0 Å². The average molecular weight is 331 g/mol. The second-order valence-corrected chi connectivity index (χ2v) is 7.52. The maximum atomic E-state index is 3.60. The lowest BCUT2D eigenvalue weighted by atomic mass is 10.1. The van der Waals surface area contributed by atoms with Crippen LogP contribution in [0.3, 0.4) is 0 Å². The minimum atomic E-state index is 0.701. The Balaban J connectivity index is 1.91. The number of nitrogens with one attached hydrogen (secondary N) is 1. The predicted octanol–water partition coefficient (Wildman–Crippen LogP) is 3.72. The third-order valence-electron chi connectivity index (χ3n) is 3.27. The zero-order valence-corrected chi connectivity index (χ0v) is 13.7. The fraction of sp³-hybridized carbons (Fsp3) is 0.714. The van der Waals surface area contributed by atoms with Crippen molar-refractivity contribution < 1.29 is 0 Å². The van der Waals surface area contributed by atoms with Gasteiger partial charge in [-0.25, -0.2) is 0 Å². The van der Waals surface area contributed by atoms with Gasteiger partial charge in [-0.1, -0.05) is 13.8 Å². The summed E-state index contributed by atoms with van der Waals surface area (Å²) in [6, 6.07) is 2.95. The second-order valence-electron chi connectivity index (χ2n) is 5.61. The Hall–Kier alpha value is 0.1000. The molecule has 1 unspecified atom stereocenters. The van der Waals surface area contributed by atoms with Gasteiger partial charge in [0.1, 0.15) is 0 Å². The van der Waals surface area contributed by atoms with E-state index in [1.54, 1.807) is 0 Å². The largest absolute Gasteiger partial charge is 0.313 e. The van der Waals surface area contributed by atoms with E-state index in [-0.39, 0.29) is 0 Å². The van der Waals surface area contributed by atoms with Crippen molar-refractivity contribution in [3.63, 3.8) is 0 Å². The lowest BCUT2D eigenvalue weighted by molar-refractivity contribution is 0.218. The molecule has 1 saturated heterocycles. The predicted molar refractivity (Wildman–Crippen MR) is 83.2 cm³/mol. The Morgan fingerprint density at radius 3 is 2.94 bits per heavy atom. The molecular formula is C14H23BrN2S. The summed E-state index contributed by atoms with van der Waals surface area (Å²) in [6.07, 6.45) is 2.67. The Labute approximate surface area is 123 Å². The molecule has 1 aromatic heterocycles. The van der Waals surface area contributed by atoms with Crippen LogP contribution in [0, 0.1) is 5.92 Å². The van der Waals surface area contributed by atoms with Crippen LogP contribution in [0.15, 0.2) is 15.9 Å². The van der Waals surface area contributed by atoms with Gasteiger partial charge in [-0.3, -0.25) is 4.90 Å². The molecule has 4 heteroatoms. The van der Waals surface area contributed by atoms with E-state index in [2.05, 4.69) is 51.4 Å². The summed E-state index contributed by atoms with van der Waals surface area (Å²) in [5, 5.41) is 5.78. The van der Waals surface area contributed by atoms with E-state index in [1.807, 2.05) is 11.3 Å². The van der Waals surface area contributed by atoms with Crippen LogP contribution in [-0.2, 0) is 6.54 Å². The molecule has 0 radical (unpaired) electrons. The van der Waals surface area contributed by atoms with Crippen molar-refractivity contribution in [3.05, 3.63) is 20.8 Å². The summed E-state index contributed by atoms with van der Waals surface area (Å²) in [5.41, 5.74) is 0. The number of hydrogen-bond acceptors (Lipinski definition) is 3. The molecule has 0 saturated carbocycles. The Morgan fingerprint density at radius 1 is 1.56 bits per heavy atom. The molecule has 1 aliphatic rings. The summed E-state index contributed by atoms with van der Waals surface area (Å²) in [4.78, 5) is 4.06. The van der Waals surface area contributed by atoms with Gasteiger partial charge in [0.15, 0.2) is 0 Å². The van der Waals surface area contributed by atoms with Crippen molar-refractivity contribution in [3.8, 4) is 0 Å². The molecule has 1 atom stereocenters. The first-order valence-electron chi connectivity index (χ1n) is 6.82. The normalized spacial score (nSPS) is 20.2. The van der Waals surface area contributed by atoms with Gasteiger partial charge in [-0.15, -0.1) is 11.3 Å². The molecule has 1 aliphatic heterocycles. The number of thiophene rings is 1. The van der Waals surface area contributed by atoms with Crippen LogP contribution in [0.1, 0.15) is 31.6 Å². The van der Waals surface area contributed by atoms with Crippen LogP contribution in [-0.4, -0.2) is 30.6 Å². The highest BCUT2D eigenvalue weighted by molar-refractivity contribution is 9.10. The van der Waals surface area contributed by atoms with Crippen LogP contribution >= 0.6 is 27.3 Å². The zero-order chi connectivity index (χ0) is 13.0. The lowest BCUT2D eigenvalue weighted by Crippen LogP contribution is -2.38. The van der Waals surface area contributed by atoms with E-state index in [1.165, 1.54) is 41.8 Å². The maximum Gasteiger partial charge on any atom is 0.0329 e. The monoisotopic (exact) mass is 330 g/mol. The molecule has 2 rings (SSSR count). The van der Waals surface area contributed by atoms with Crippen molar-refractivity contribution in [1.29, 1.82) is 0 Å². The third kappa shape index (κ3) is 4.65. The SMILES string of the molecule is CC(C)CN(Cc1cc(Br)cs1)CC1CCCN1. The average Bonchev–Trinajstić information content (AvgIpc) is 2.89. The van der Waals surface area contributed by atoms with Gasteiger partial charge in [0, 0.05) is 40.4 Å². The van der Waals surface area contributed by atoms with Crippen LogP contribution in [0.5, 0.6) is 0 Å². The highest BCUT2D eigenvalue weighted by Crippen LogP contribution is 2.22. The molecule has 0 amide bonds.